The molecule has 1 rings (SSSR count). The zero-order valence-corrected chi connectivity index (χ0v) is 10.5. The summed E-state index contributed by atoms with van der Waals surface area (Å²) in [5.74, 6) is -1.37. The number of urea groups is 1. The van der Waals surface area contributed by atoms with E-state index in [2.05, 4.69) is 5.32 Å². The van der Waals surface area contributed by atoms with Crippen molar-refractivity contribution >= 4 is 11.7 Å². The number of nitrogens with zero attached hydrogens (tertiary/aromatic N) is 1. The molecule has 0 aliphatic heterocycles. The number of amides is 2. The molecular weight excluding hydrogens is 264 g/mol. The van der Waals surface area contributed by atoms with Crippen LogP contribution in [0.25, 0.3) is 0 Å². The Hall–Kier alpha value is -1.79. The number of halogens is 4. The Morgan fingerprint density at radius 2 is 1.84 bits per heavy atom. The van der Waals surface area contributed by atoms with Crippen LogP contribution in [0, 0.1) is 5.82 Å². The van der Waals surface area contributed by atoms with Crippen LogP contribution in [0.3, 0.4) is 0 Å². The number of hydrogen-bond donors (Lipinski definition) is 1. The molecule has 0 aliphatic carbocycles. The van der Waals surface area contributed by atoms with E-state index in [4.69, 9.17) is 0 Å². The van der Waals surface area contributed by atoms with Crippen LogP contribution in [-0.4, -0.2) is 24.0 Å². The maximum absolute atomic E-state index is 13.1. The lowest BCUT2D eigenvalue weighted by Crippen LogP contribution is -2.34. The normalized spacial score (nSPS) is 11.3. The molecule has 1 aromatic carbocycles. The monoisotopic (exact) mass is 278 g/mol. The van der Waals surface area contributed by atoms with Gasteiger partial charge in [0.05, 0.1) is 5.56 Å². The highest BCUT2D eigenvalue weighted by Gasteiger charge is 2.34. The molecule has 0 saturated heterocycles. The third-order valence-electron chi connectivity index (χ3n) is 2.57. The third kappa shape index (κ3) is 3.84. The van der Waals surface area contributed by atoms with Crippen molar-refractivity contribution in [2.24, 2.45) is 0 Å². The van der Waals surface area contributed by atoms with E-state index in [9.17, 15) is 22.4 Å². The van der Waals surface area contributed by atoms with E-state index in [1.54, 1.807) is 13.8 Å². The third-order valence-corrected chi connectivity index (χ3v) is 2.57. The van der Waals surface area contributed by atoms with Gasteiger partial charge in [-0.1, -0.05) is 0 Å². The summed E-state index contributed by atoms with van der Waals surface area (Å²) in [5.41, 5.74) is -1.49. The first-order valence-corrected chi connectivity index (χ1v) is 5.72. The number of anilines is 1. The summed E-state index contributed by atoms with van der Waals surface area (Å²) in [6, 6.07) is 1.83. The molecule has 19 heavy (non-hydrogen) atoms. The topological polar surface area (TPSA) is 32.3 Å². The lowest BCUT2D eigenvalue weighted by atomic mass is 10.2. The number of carbonyl (C=O) groups is 1. The highest BCUT2D eigenvalue weighted by molar-refractivity contribution is 5.89. The van der Waals surface area contributed by atoms with Gasteiger partial charge in [-0.15, -0.1) is 0 Å². The van der Waals surface area contributed by atoms with Crippen molar-refractivity contribution in [2.75, 3.05) is 18.4 Å². The van der Waals surface area contributed by atoms with Crippen LogP contribution in [0.5, 0.6) is 0 Å². The smallest absolute Gasteiger partial charge is 0.325 e. The van der Waals surface area contributed by atoms with Gasteiger partial charge in [-0.25, -0.2) is 9.18 Å². The van der Waals surface area contributed by atoms with Gasteiger partial charge in [0.25, 0.3) is 0 Å². The summed E-state index contributed by atoms with van der Waals surface area (Å²) in [5, 5.41) is 2.30. The number of carbonyl (C=O) groups excluding carboxylic acids is 1. The molecule has 0 atom stereocenters. The standard InChI is InChI=1S/C12H14F4N2O/c1-3-18(4-2)11(19)17-8-5-6-10(13)9(7-8)12(14,15)16/h5-7H,3-4H2,1-2H3,(H,17,19). The minimum atomic E-state index is -4.79. The molecule has 2 amide bonds. The summed E-state index contributed by atoms with van der Waals surface area (Å²) in [4.78, 5) is 13.1. The summed E-state index contributed by atoms with van der Waals surface area (Å²) >= 11 is 0. The molecule has 0 aromatic heterocycles. The Morgan fingerprint density at radius 3 is 2.32 bits per heavy atom. The van der Waals surface area contributed by atoms with Crippen molar-refractivity contribution in [1.82, 2.24) is 4.90 Å². The van der Waals surface area contributed by atoms with Gasteiger partial charge < -0.3 is 10.2 Å². The quantitative estimate of drug-likeness (QED) is 0.840. The molecule has 1 aromatic rings. The number of rotatable bonds is 3. The van der Waals surface area contributed by atoms with Crippen molar-refractivity contribution < 1.29 is 22.4 Å². The summed E-state index contributed by atoms with van der Waals surface area (Å²) in [6.07, 6.45) is -4.79. The Morgan fingerprint density at radius 1 is 1.26 bits per heavy atom. The van der Waals surface area contributed by atoms with Crippen LogP contribution in [0.1, 0.15) is 19.4 Å². The van der Waals surface area contributed by atoms with E-state index in [0.29, 0.717) is 25.2 Å². The molecule has 0 spiro atoms. The minimum absolute atomic E-state index is 0.0920. The Labute approximate surface area is 108 Å². The van der Waals surface area contributed by atoms with E-state index in [1.165, 1.54) is 4.90 Å². The zero-order valence-electron chi connectivity index (χ0n) is 10.5. The van der Waals surface area contributed by atoms with E-state index in [1.807, 2.05) is 0 Å². The maximum atomic E-state index is 13.1. The number of benzene rings is 1. The average Bonchev–Trinajstić information content (AvgIpc) is 2.31. The largest absolute Gasteiger partial charge is 0.419 e. The van der Waals surface area contributed by atoms with E-state index in [-0.39, 0.29) is 5.69 Å². The molecule has 0 unspecified atom stereocenters. The van der Waals surface area contributed by atoms with Crippen LogP contribution >= 0.6 is 0 Å². The molecule has 106 valence electrons. The minimum Gasteiger partial charge on any atom is -0.325 e. The molecular formula is C12H14F4N2O. The van der Waals surface area contributed by atoms with Gasteiger partial charge in [0.15, 0.2) is 0 Å². The van der Waals surface area contributed by atoms with Crippen molar-refractivity contribution in [3.8, 4) is 0 Å². The molecule has 0 aliphatic rings. The second-order valence-electron chi connectivity index (χ2n) is 3.79. The Kier molecular flexibility index (Phi) is 4.74. The molecule has 0 saturated carbocycles. The van der Waals surface area contributed by atoms with Crippen LogP contribution in [-0.2, 0) is 6.18 Å². The van der Waals surface area contributed by atoms with Crippen molar-refractivity contribution in [1.29, 1.82) is 0 Å². The van der Waals surface area contributed by atoms with Crippen LogP contribution in [0.15, 0.2) is 18.2 Å². The van der Waals surface area contributed by atoms with Gasteiger partial charge >= 0.3 is 12.2 Å². The second-order valence-corrected chi connectivity index (χ2v) is 3.79. The van der Waals surface area contributed by atoms with Gasteiger partial charge in [-0.05, 0) is 32.0 Å². The molecule has 0 heterocycles. The maximum Gasteiger partial charge on any atom is 0.419 e. The molecule has 7 heteroatoms. The first kappa shape index (κ1) is 15.3. The highest BCUT2D eigenvalue weighted by atomic mass is 19.4. The Balaban J connectivity index is 2.95. The number of hydrogen-bond acceptors (Lipinski definition) is 1. The lowest BCUT2D eigenvalue weighted by Gasteiger charge is -2.19. The average molecular weight is 278 g/mol. The fourth-order valence-corrected chi connectivity index (χ4v) is 1.53. The van der Waals surface area contributed by atoms with Gasteiger partial charge in [0.1, 0.15) is 5.82 Å². The van der Waals surface area contributed by atoms with E-state index in [0.717, 1.165) is 6.07 Å². The second kappa shape index (κ2) is 5.90. The zero-order chi connectivity index (χ0) is 14.6. The Bertz CT molecular complexity index is 456. The molecule has 3 nitrogen and oxygen atoms in total. The van der Waals surface area contributed by atoms with Crippen molar-refractivity contribution in [3.05, 3.63) is 29.6 Å². The first-order chi connectivity index (χ1) is 8.79. The summed E-state index contributed by atoms with van der Waals surface area (Å²) in [6.45, 7) is 4.34. The summed E-state index contributed by atoms with van der Waals surface area (Å²) in [7, 11) is 0. The van der Waals surface area contributed by atoms with Crippen LogP contribution in [0.2, 0.25) is 0 Å². The molecule has 0 bridgehead atoms. The fraction of sp³-hybridized carbons (Fsp3) is 0.417. The van der Waals surface area contributed by atoms with Crippen LogP contribution in [0.4, 0.5) is 28.0 Å². The van der Waals surface area contributed by atoms with E-state index < -0.39 is 23.6 Å². The van der Waals surface area contributed by atoms with E-state index >= 15 is 0 Å². The predicted molar refractivity (Wildman–Crippen MR) is 63.3 cm³/mol. The van der Waals surface area contributed by atoms with Gasteiger partial charge in [0.2, 0.25) is 0 Å². The molecule has 0 fully saturated rings. The SMILES string of the molecule is CCN(CC)C(=O)Nc1ccc(F)c(C(F)(F)F)c1. The number of nitrogens with one attached hydrogen (secondary N) is 1. The van der Waals surface area contributed by atoms with Gasteiger partial charge in [0, 0.05) is 18.8 Å². The molecule has 1 N–H and O–H groups in total. The van der Waals surface area contributed by atoms with Crippen molar-refractivity contribution in [2.45, 2.75) is 20.0 Å². The van der Waals surface area contributed by atoms with Crippen LogP contribution < -0.4 is 5.32 Å². The van der Waals surface area contributed by atoms with Crippen molar-refractivity contribution in [3.63, 3.8) is 0 Å². The number of alkyl halides is 3. The summed E-state index contributed by atoms with van der Waals surface area (Å²) < 4.78 is 50.5. The van der Waals surface area contributed by atoms with Gasteiger partial charge in [-0.3, -0.25) is 0 Å². The fourth-order valence-electron chi connectivity index (χ4n) is 1.53. The lowest BCUT2D eigenvalue weighted by molar-refractivity contribution is -0.139. The molecule has 0 radical (unpaired) electrons. The van der Waals surface area contributed by atoms with Gasteiger partial charge in [-0.2, -0.15) is 13.2 Å². The highest BCUT2D eigenvalue weighted by Crippen LogP contribution is 2.33. The first-order valence-electron chi connectivity index (χ1n) is 5.72. The predicted octanol–water partition coefficient (Wildman–Crippen LogP) is 3.72.